The van der Waals surface area contributed by atoms with Gasteiger partial charge in [-0.2, -0.15) is 4.37 Å². The summed E-state index contributed by atoms with van der Waals surface area (Å²) in [5.41, 5.74) is 3.73. The maximum atomic E-state index is 12.8. The van der Waals surface area contributed by atoms with Crippen molar-refractivity contribution in [2.45, 2.75) is 13.3 Å². The van der Waals surface area contributed by atoms with Crippen LogP contribution in [0.5, 0.6) is 0 Å². The number of rotatable bonds is 6. The highest BCUT2D eigenvalue weighted by atomic mass is 32.1. The normalized spacial score (nSPS) is 14.1. The highest BCUT2D eigenvalue weighted by Gasteiger charge is 2.23. The van der Waals surface area contributed by atoms with E-state index in [1.165, 1.54) is 28.3 Å². The van der Waals surface area contributed by atoms with Crippen molar-refractivity contribution in [1.82, 2.24) is 14.3 Å². The van der Waals surface area contributed by atoms with Gasteiger partial charge in [-0.1, -0.05) is 48.5 Å². The molecule has 1 saturated heterocycles. The van der Waals surface area contributed by atoms with E-state index in [9.17, 15) is 4.79 Å². The Morgan fingerprint density at radius 3 is 2.47 bits per heavy atom. The van der Waals surface area contributed by atoms with Gasteiger partial charge in [0.1, 0.15) is 5.82 Å². The minimum atomic E-state index is 0.141. The lowest BCUT2D eigenvalue weighted by atomic mass is 10.1. The van der Waals surface area contributed by atoms with Gasteiger partial charge in [0.15, 0.2) is 0 Å². The Morgan fingerprint density at radius 2 is 1.73 bits per heavy atom. The van der Waals surface area contributed by atoms with Gasteiger partial charge in [-0.3, -0.25) is 4.79 Å². The minimum absolute atomic E-state index is 0.141. The van der Waals surface area contributed by atoms with E-state index in [2.05, 4.69) is 57.6 Å². The van der Waals surface area contributed by atoms with E-state index in [1.54, 1.807) is 0 Å². The molecule has 7 heteroatoms. The molecule has 4 rings (SSSR count). The van der Waals surface area contributed by atoms with E-state index in [0.717, 1.165) is 37.1 Å². The van der Waals surface area contributed by atoms with Crippen molar-refractivity contribution in [2.75, 3.05) is 49.6 Å². The first-order valence-corrected chi connectivity index (χ1v) is 11.0. The van der Waals surface area contributed by atoms with Gasteiger partial charge in [-0.05, 0) is 24.1 Å². The SMILES string of the molecule is Cc1ccccc1N1CCN(C(=O)CN(C)c2nc(Cc3ccccc3)ns2)CC1. The summed E-state index contributed by atoms with van der Waals surface area (Å²) < 4.78 is 4.46. The number of nitrogens with zero attached hydrogens (tertiary/aromatic N) is 5. The van der Waals surface area contributed by atoms with Gasteiger partial charge in [-0.25, -0.2) is 4.98 Å². The number of benzene rings is 2. The molecule has 6 nitrogen and oxygen atoms in total. The quantitative estimate of drug-likeness (QED) is 0.612. The van der Waals surface area contributed by atoms with Crippen LogP contribution in [0.2, 0.25) is 0 Å². The van der Waals surface area contributed by atoms with Crippen LogP contribution in [0.25, 0.3) is 0 Å². The number of piperazine rings is 1. The molecular weight excluding hydrogens is 394 g/mol. The summed E-state index contributed by atoms with van der Waals surface area (Å²) in [5.74, 6) is 0.939. The summed E-state index contributed by atoms with van der Waals surface area (Å²) in [6.07, 6.45) is 0.708. The average molecular weight is 422 g/mol. The Labute approximate surface area is 181 Å². The molecule has 1 aromatic heterocycles. The standard InChI is InChI=1S/C23H27N5OS/c1-18-8-6-7-11-20(18)27-12-14-28(15-13-27)22(29)17-26(2)23-24-21(25-30-23)16-19-9-4-3-5-10-19/h3-11H,12-17H2,1-2H3. The first kappa shape index (κ1) is 20.3. The molecule has 3 aromatic rings. The molecule has 0 atom stereocenters. The lowest BCUT2D eigenvalue weighted by Gasteiger charge is -2.37. The molecule has 1 aliphatic rings. The topological polar surface area (TPSA) is 52.6 Å². The van der Waals surface area contributed by atoms with E-state index in [1.807, 2.05) is 35.0 Å². The molecule has 0 aliphatic carbocycles. The Bertz CT molecular complexity index is 982. The maximum Gasteiger partial charge on any atom is 0.242 e. The Morgan fingerprint density at radius 1 is 1.03 bits per heavy atom. The molecule has 30 heavy (non-hydrogen) atoms. The summed E-state index contributed by atoms with van der Waals surface area (Å²) in [6, 6.07) is 18.6. The zero-order chi connectivity index (χ0) is 20.9. The number of carbonyl (C=O) groups excluding carboxylic acids is 1. The summed E-state index contributed by atoms with van der Waals surface area (Å²) >= 11 is 1.35. The highest BCUT2D eigenvalue weighted by molar-refractivity contribution is 7.09. The van der Waals surface area contributed by atoms with Crippen molar-refractivity contribution >= 4 is 28.3 Å². The number of likely N-dealkylation sites (N-methyl/N-ethyl adjacent to an activating group) is 1. The Balaban J connectivity index is 1.30. The zero-order valence-electron chi connectivity index (χ0n) is 17.5. The fraction of sp³-hybridized carbons (Fsp3) is 0.348. The monoisotopic (exact) mass is 421 g/mol. The van der Waals surface area contributed by atoms with Gasteiger partial charge in [0, 0.05) is 56.9 Å². The third-order valence-corrected chi connectivity index (χ3v) is 6.32. The third-order valence-electron chi connectivity index (χ3n) is 5.45. The van der Waals surface area contributed by atoms with E-state index < -0.39 is 0 Å². The molecule has 0 N–H and O–H groups in total. The van der Waals surface area contributed by atoms with Crippen molar-refractivity contribution in [3.63, 3.8) is 0 Å². The fourth-order valence-corrected chi connectivity index (χ4v) is 4.38. The average Bonchev–Trinajstić information content (AvgIpc) is 3.23. The first-order chi connectivity index (χ1) is 14.6. The number of carbonyl (C=O) groups is 1. The van der Waals surface area contributed by atoms with E-state index >= 15 is 0 Å². The van der Waals surface area contributed by atoms with Gasteiger partial charge in [0.2, 0.25) is 11.0 Å². The van der Waals surface area contributed by atoms with Gasteiger partial charge < -0.3 is 14.7 Å². The van der Waals surface area contributed by atoms with Crippen molar-refractivity contribution < 1.29 is 4.79 Å². The number of hydrogen-bond acceptors (Lipinski definition) is 6. The van der Waals surface area contributed by atoms with Gasteiger partial charge >= 0.3 is 0 Å². The predicted molar refractivity (Wildman–Crippen MR) is 122 cm³/mol. The Hall–Kier alpha value is -2.93. The number of hydrogen-bond donors (Lipinski definition) is 0. The largest absolute Gasteiger partial charge is 0.368 e. The van der Waals surface area contributed by atoms with Crippen LogP contribution < -0.4 is 9.80 Å². The second kappa shape index (κ2) is 9.26. The molecule has 0 bridgehead atoms. The van der Waals surface area contributed by atoms with Crippen LogP contribution in [0.15, 0.2) is 54.6 Å². The molecule has 2 aromatic carbocycles. The zero-order valence-corrected chi connectivity index (χ0v) is 18.3. The summed E-state index contributed by atoms with van der Waals surface area (Å²) in [5, 5.41) is 0.785. The van der Waals surface area contributed by atoms with Crippen LogP contribution in [0.4, 0.5) is 10.8 Å². The number of aryl methyl sites for hydroxylation is 1. The summed E-state index contributed by atoms with van der Waals surface area (Å²) in [7, 11) is 1.91. The predicted octanol–water partition coefficient (Wildman–Crippen LogP) is 3.22. The second-order valence-corrected chi connectivity index (χ2v) is 8.40. The third kappa shape index (κ3) is 4.79. The minimum Gasteiger partial charge on any atom is -0.368 e. The van der Waals surface area contributed by atoms with E-state index in [4.69, 9.17) is 0 Å². The molecule has 1 fully saturated rings. The second-order valence-electron chi connectivity index (χ2n) is 7.67. The van der Waals surface area contributed by atoms with Crippen LogP contribution >= 0.6 is 11.5 Å². The molecule has 0 radical (unpaired) electrons. The van der Waals surface area contributed by atoms with Crippen LogP contribution in [0.3, 0.4) is 0 Å². The van der Waals surface area contributed by atoms with E-state index in [0.29, 0.717) is 13.0 Å². The van der Waals surface area contributed by atoms with Crippen molar-refractivity contribution in [3.05, 3.63) is 71.5 Å². The summed E-state index contributed by atoms with van der Waals surface area (Å²) in [4.78, 5) is 23.7. The molecule has 0 unspecified atom stereocenters. The van der Waals surface area contributed by atoms with Crippen molar-refractivity contribution in [2.24, 2.45) is 0 Å². The Kier molecular flexibility index (Phi) is 6.28. The van der Waals surface area contributed by atoms with E-state index in [-0.39, 0.29) is 5.91 Å². The van der Waals surface area contributed by atoms with Gasteiger partial charge in [0.25, 0.3) is 0 Å². The van der Waals surface area contributed by atoms with Crippen LogP contribution in [0, 0.1) is 6.92 Å². The van der Waals surface area contributed by atoms with Crippen LogP contribution in [-0.2, 0) is 11.2 Å². The molecular formula is C23H27N5OS. The smallest absolute Gasteiger partial charge is 0.242 e. The lowest BCUT2D eigenvalue weighted by Crippen LogP contribution is -2.51. The number of anilines is 2. The van der Waals surface area contributed by atoms with Crippen LogP contribution in [-0.4, -0.2) is 59.9 Å². The molecule has 156 valence electrons. The number of amides is 1. The van der Waals surface area contributed by atoms with Crippen LogP contribution in [0.1, 0.15) is 17.0 Å². The molecule has 1 aliphatic heterocycles. The molecule has 2 heterocycles. The molecule has 0 saturated carbocycles. The first-order valence-electron chi connectivity index (χ1n) is 10.3. The van der Waals surface area contributed by atoms with Gasteiger partial charge in [-0.15, -0.1) is 0 Å². The number of aromatic nitrogens is 2. The summed E-state index contributed by atoms with van der Waals surface area (Å²) in [6.45, 7) is 5.67. The maximum absolute atomic E-state index is 12.8. The molecule has 1 amide bonds. The lowest BCUT2D eigenvalue weighted by molar-refractivity contribution is -0.129. The molecule has 0 spiro atoms. The van der Waals surface area contributed by atoms with Crippen molar-refractivity contribution in [1.29, 1.82) is 0 Å². The van der Waals surface area contributed by atoms with Crippen molar-refractivity contribution in [3.8, 4) is 0 Å². The number of para-hydroxylation sites is 1. The highest BCUT2D eigenvalue weighted by Crippen LogP contribution is 2.21. The van der Waals surface area contributed by atoms with Gasteiger partial charge in [0.05, 0.1) is 6.54 Å². The fourth-order valence-electron chi connectivity index (χ4n) is 3.74.